The Labute approximate surface area is 155 Å². The van der Waals surface area contributed by atoms with Gasteiger partial charge in [-0.2, -0.15) is 0 Å². The first-order valence-electron chi connectivity index (χ1n) is 9.73. The van der Waals surface area contributed by atoms with Crippen LogP contribution in [0.5, 0.6) is 0 Å². The minimum atomic E-state index is -0.165. The highest BCUT2D eigenvalue weighted by atomic mass is 16.5. The van der Waals surface area contributed by atoms with Crippen molar-refractivity contribution in [2.24, 2.45) is 5.92 Å². The van der Waals surface area contributed by atoms with Gasteiger partial charge < -0.3 is 24.6 Å². The Morgan fingerprint density at radius 3 is 2.73 bits per heavy atom. The van der Waals surface area contributed by atoms with Crippen molar-refractivity contribution >= 4 is 11.7 Å². The standard InChI is InChI=1S/C20H29N3O3/c1-20(17-6-7-17)15-23(10-13-26-20)19(24)21-14-16-4-2-3-5-18(16)22-8-11-25-12-9-22/h2-5,17H,6-15H2,1H3,(H,21,24). The fourth-order valence-corrected chi connectivity index (χ4v) is 4.06. The first kappa shape index (κ1) is 17.6. The minimum absolute atomic E-state index is 0.0111. The molecule has 0 spiro atoms. The third-order valence-corrected chi connectivity index (χ3v) is 5.80. The average molecular weight is 359 g/mol. The molecule has 0 bridgehead atoms. The van der Waals surface area contributed by atoms with Gasteiger partial charge in [0, 0.05) is 31.9 Å². The summed E-state index contributed by atoms with van der Waals surface area (Å²) in [6.07, 6.45) is 2.44. The van der Waals surface area contributed by atoms with E-state index >= 15 is 0 Å². The van der Waals surface area contributed by atoms with Crippen molar-refractivity contribution in [1.29, 1.82) is 0 Å². The number of morpholine rings is 2. The summed E-state index contributed by atoms with van der Waals surface area (Å²) in [5.41, 5.74) is 2.18. The third-order valence-electron chi connectivity index (χ3n) is 5.80. The molecular weight excluding hydrogens is 330 g/mol. The Morgan fingerprint density at radius 1 is 1.19 bits per heavy atom. The van der Waals surface area contributed by atoms with Crippen LogP contribution in [0.25, 0.3) is 0 Å². The summed E-state index contributed by atoms with van der Waals surface area (Å²) >= 11 is 0. The van der Waals surface area contributed by atoms with Gasteiger partial charge >= 0.3 is 6.03 Å². The Morgan fingerprint density at radius 2 is 1.96 bits per heavy atom. The van der Waals surface area contributed by atoms with Gasteiger partial charge in [0.15, 0.2) is 0 Å². The number of para-hydroxylation sites is 1. The zero-order valence-corrected chi connectivity index (χ0v) is 15.6. The molecule has 2 heterocycles. The van der Waals surface area contributed by atoms with Crippen LogP contribution >= 0.6 is 0 Å². The quantitative estimate of drug-likeness (QED) is 0.896. The van der Waals surface area contributed by atoms with Crippen molar-refractivity contribution in [1.82, 2.24) is 10.2 Å². The highest BCUT2D eigenvalue weighted by molar-refractivity contribution is 5.74. The first-order valence-corrected chi connectivity index (χ1v) is 9.73. The fourth-order valence-electron chi connectivity index (χ4n) is 4.06. The predicted octanol–water partition coefficient (Wildman–Crippen LogP) is 2.23. The molecule has 1 aromatic rings. The molecule has 1 aliphatic carbocycles. The van der Waals surface area contributed by atoms with Gasteiger partial charge in [0.2, 0.25) is 0 Å². The number of amides is 2. The van der Waals surface area contributed by atoms with E-state index in [4.69, 9.17) is 9.47 Å². The molecule has 1 aromatic carbocycles. The molecule has 1 unspecified atom stereocenters. The molecule has 0 aromatic heterocycles. The second-order valence-corrected chi connectivity index (χ2v) is 7.74. The number of rotatable bonds is 4. The van der Waals surface area contributed by atoms with Gasteiger partial charge in [0.05, 0.1) is 32.0 Å². The molecule has 142 valence electrons. The van der Waals surface area contributed by atoms with Crippen LogP contribution in [0.4, 0.5) is 10.5 Å². The van der Waals surface area contributed by atoms with Gasteiger partial charge in [-0.1, -0.05) is 18.2 Å². The number of ether oxygens (including phenoxy) is 2. The van der Waals surface area contributed by atoms with E-state index in [-0.39, 0.29) is 11.6 Å². The van der Waals surface area contributed by atoms with E-state index in [2.05, 4.69) is 35.3 Å². The van der Waals surface area contributed by atoms with Crippen LogP contribution in [-0.4, -0.2) is 62.5 Å². The van der Waals surface area contributed by atoms with Crippen LogP contribution in [0.15, 0.2) is 24.3 Å². The third kappa shape index (κ3) is 3.81. The van der Waals surface area contributed by atoms with Gasteiger partial charge in [-0.25, -0.2) is 4.79 Å². The van der Waals surface area contributed by atoms with E-state index in [1.807, 2.05) is 11.0 Å². The van der Waals surface area contributed by atoms with Crippen molar-refractivity contribution in [2.75, 3.05) is 50.9 Å². The molecule has 1 atom stereocenters. The number of carbonyl (C=O) groups excluding carboxylic acids is 1. The topological polar surface area (TPSA) is 54.0 Å². The van der Waals surface area contributed by atoms with Gasteiger partial charge in [0.25, 0.3) is 0 Å². The highest BCUT2D eigenvalue weighted by Crippen LogP contribution is 2.43. The Kier molecular flexibility index (Phi) is 5.05. The second kappa shape index (κ2) is 7.45. The zero-order chi connectivity index (χ0) is 18.0. The SMILES string of the molecule is CC1(C2CC2)CN(C(=O)NCc2ccccc2N2CCOCC2)CCO1. The molecular formula is C20H29N3O3. The van der Waals surface area contributed by atoms with E-state index in [0.717, 1.165) is 31.9 Å². The lowest BCUT2D eigenvalue weighted by Gasteiger charge is -2.40. The van der Waals surface area contributed by atoms with Crippen molar-refractivity contribution in [2.45, 2.75) is 31.9 Å². The van der Waals surface area contributed by atoms with Crippen molar-refractivity contribution in [3.05, 3.63) is 29.8 Å². The summed E-state index contributed by atoms with van der Waals surface area (Å²) in [6.45, 7) is 7.99. The Hall–Kier alpha value is -1.79. The minimum Gasteiger partial charge on any atom is -0.378 e. The molecule has 2 amide bonds. The van der Waals surface area contributed by atoms with Gasteiger partial charge in [-0.05, 0) is 37.3 Å². The number of benzene rings is 1. The van der Waals surface area contributed by atoms with E-state index in [1.165, 1.54) is 18.5 Å². The van der Waals surface area contributed by atoms with Crippen molar-refractivity contribution in [3.8, 4) is 0 Å². The van der Waals surface area contributed by atoms with Crippen LogP contribution in [0.2, 0.25) is 0 Å². The Bertz CT molecular complexity index is 643. The molecule has 1 saturated carbocycles. The molecule has 4 rings (SSSR count). The molecule has 26 heavy (non-hydrogen) atoms. The number of carbonyl (C=O) groups is 1. The Balaban J connectivity index is 1.37. The van der Waals surface area contributed by atoms with Crippen molar-refractivity contribution in [3.63, 3.8) is 0 Å². The lowest BCUT2D eigenvalue weighted by atomic mass is 9.98. The molecule has 1 N–H and O–H groups in total. The summed E-state index contributed by atoms with van der Waals surface area (Å²) in [5, 5.41) is 3.12. The fraction of sp³-hybridized carbons (Fsp3) is 0.650. The predicted molar refractivity (Wildman–Crippen MR) is 100 cm³/mol. The van der Waals surface area contributed by atoms with Crippen LogP contribution in [-0.2, 0) is 16.0 Å². The highest BCUT2D eigenvalue weighted by Gasteiger charge is 2.46. The number of hydrogen-bond donors (Lipinski definition) is 1. The molecule has 3 fully saturated rings. The number of hydrogen-bond acceptors (Lipinski definition) is 4. The molecule has 2 saturated heterocycles. The largest absolute Gasteiger partial charge is 0.378 e. The number of nitrogens with zero attached hydrogens (tertiary/aromatic N) is 2. The normalized spacial score (nSPS) is 26.7. The smallest absolute Gasteiger partial charge is 0.317 e. The number of nitrogens with one attached hydrogen (secondary N) is 1. The maximum atomic E-state index is 12.7. The van der Waals surface area contributed by atoms with E-state index in [9.17, 15) is 4.79 Å². The number of anilines is 1. The monoisotopic (exact) mass is 359 g/mol. The summed E-state index contributed by atoms with van der Waals surface area (Å²) in [5.74, 6) is 0.611. The van der Waals surface area contributed by atoms with Gasteiger partial charge in [-0.15, -0.1) is 0 Å². The molecule has 6 heteroatoms. The molecule has 0 radical (unpaired) electrons. The maximum Gasteiger partial charge on any atom is 0.317 e. The lowest BCUT2D eigenvalue weighted by Crippen LogP contribution is -2.55. The van der Waals surface area contributed by atoms with E-state index < -0.39 is 0 Å². The van der Waals surface area contributed by atoms with Crippen molar-refractivity contribution < 1.29 is 14.3 Å². The van der Waals surface area contributed by atoms with E-state index in [1.54, 1.807) is 0 Å². The second-order valence-electron chi connectivity index (χ2n) is 7.74. The number of urea groups is 1. The van der Waals surface area contributed by atoms with Crippen LogP contribution in [0.1, 0.15) is 25.3 Å². The van der Waals surface area contributed by atoms with Gasteiger partial charge in [0.1, 0.15) is 0 Å². The molecule has 3 aliphatic rings. The lowest BCUT2D eigenvalue weighted by molar-refractivity contribution is -0.0988. The van der Waals surface area contributed by atoms with Crippen LogP contribution in [0, 0.1) is 5.92 Å². The first-order chi connectivity index (χ1) is 12.7. The maximum absolute atomic E-state index is 12.7. The summed E-state index contributed by atoms with van der Waals surface area (Å²) in [6, 6.07) is 8.32. The summed E-state index contributed by atoms with van der Waals surface area (Å²) in [4.78, 5) is 17.0. The van der Waals surface area contributed by atoms with Gasteiger partial charge in [-0.3, -0.25) is 0 Å². The summed E-state index contributed by atoms with van der Waals surface area (Å²) in [7, 11) is 0. The summed E-state index contributed by atoms with van der Waals surface area (Å²) < 4.78 is 11.4. The van der Waals surface area contributed by atoms with Crippen LogP contribution in [0.3, 0.4) is 0 Å². The molecule has 6 nitrogen and oxygen atoms in total. The zero-order valence-electron chi connectivity index (χ0n) is 15.6. The average Bonchev–Trinajstić information content (AvgIpc) is 3.53. The van der Waals surface area contributed by atoms with E-state index in [0.29, 0.717) is 32.2 Å². The molecule has 2 aliphatic heterocycles. The van der Waals surface area contributed by atoms with Crippen LogP contribution < -0.4 is 10.2 Å².